The Morgan fingerprint density at radius 2 is 2.00 bits per heavy atom. The Hall–Kier alpha value is -1.06. The van der Waals surface area contributed by atoms with Gasteiger partial charge in [-0.2, -0.15) is 0 Å². The summed E-state index contributed by atoms with van der Waals surface area (Å²) in [6, 6.07) is 8.46. The van der Waals surface area contributed by atoms with E-state index in [-0.39, 0.29) is 11.5 Å². The summed E-state index contributed by atoms with van der Waals surface area (Å²) in [6.45, 7) is 8.36. The molecule has 0 amide bonds. The first-order chi connectivity index (χ1) is 8.47. The average Bonchev–Trinajstić information content (AvgIpc) is 2.34. The molecule has 0 heterocycles. The summed E-state index contributed by atoms with van der Waals surface area (Å²) in [6.07, 6.45) is 1.00. The van der Waals surface area contributed by atoms with Gasteiger partial charge in [-0.05, 0) is 26.0 Å². The third-order valence-electron chi connectivity index (χ3n) is 3.18. The van der Waals surface area contributed by atoms with Crippen molar-refractivity contribution in [1.82, 2.24) is 5.32 Å². The molecule has 0 spiro atoms. The number of benzene rings is 1. The first-order valence-electron chi connectivity index (χ1n) is 6.57. The fourth-order valence-electron chi connectivity index (χ4n) is 2.03. The van der Waals surface area contributed by atoms with Crippen LogP contribution in [0.25, 0.3) is 0 Å². The van der Waals surface area contributed by atoms with Crippen molar-refractivity contribution >= 4 is 0 Å². The lowest BCUT2D eigenvalue weighted by Crippen LogP contribution is -2.35. The highest BCUT2D eigenvalue weighted by molar-refractivity contribution is 5.39. The van der Waals surface area contributed by atoms with Crippen LogP contribution in [0.4, 0.5) is 0 Å². The third kappa shape index (κ3) is 4.31. The molecule has 0 aliphatic carbocycles. The van der Waals surface area contributed by atoms with Crippen molar-refractivity contribution in [2.45, 2.75) is 38.6 Å². The maximum absolute atomic E-state index is 5.74. The normalized spacial score (nSPS) is 13.4. The van der Waals surface area contributed by atoms with Crippen molar-refractivity contribution < 1.29 is 4.74 Å². The summed E-state index contributed by atoms with van der Waals surface area (Å²) in [4.78, 5) is 0. The number of rotatable bonds is 7. The second-order valence-electron chi connectivity index (χ2n) is 5.53. The summed E-state index contributed by atoms with van der Waals surface area (Å²) in [7, 11) is 1.72. The lowest BCUT2D eigenvalue weighted by Gasteiger charge is -2.27. The molecule has 0 aliphatic rings. The molecule has 1 atom stereocenters. The van der Waals surface area contributed by atoms with Gasteiger partial charge in [-0.3, -0.25) is 0 Å². The van der Waals surface area contributed by atoms with E-state index in [9.17, 15) is 0 Å². The van der Waals surface area contributed by atoms with Crippen LogP contribution in [0.15, 0.2) is 24.3 Å². The van der Waals surface area contributed by atoms with Crippen molar-refractivity contribution in [1.29, 1.82) is 0 Å². The van der Waals surface area contributed by atoms with E-state index in [1.54, 1.807) is 7.11 Å². The molecule has 102 valence electrons. The lowest BCUT2D eigenvalue weighted by molar-refractivity contribution is 0.384. The number of nitrogens with one attached hydrogen (secondary N) is 1. The molecule has 0 fully saturated rings. The van der Waals surface area contributed by atoms with Gasteiger partial charge in [0.25, 0.3) is 0 Å². The summed E-state index contributed by atoms with van der Waals surface area (Å²) in [5, 5.41) is 3.47. The highest BCUT2D eigenvalue weighted by Crippen LogP contribution is 2.30. The summed E-state index contributed by atoms with van der Waals surface area (Å²) >= 11 is 0. The molecule has 0 aromatic heterocycles. The molecule has 0 radical (unpaired) electrons. The zero-order chi connectivity index (χ0) is 13.6. The van der Waals surface area contributed by atoms with Crippen LogP contribution >= 0.6 is 0 Å². The fraction of sp³-hybridized carbons (Fsp3) is 0.600. The van der Waals surface area contributed by atoms with Crippen LogP contribution in [0.3, 0.4) is 0 Å². The van der Waals surface area contributed by atoms with Crippen molar-refractivity contribution in [3.63, 3.8) is 0 Å². The van der Waals surface area contributed by atoms with E-state index in [1.165, 1.54) is 5.56 Å². The molecule has 0 aliphatic heterocycles. The summed E-state index contributed by atoms with van der Waals surface area (Å²) < 4.78 is 5.43. The van der Waals surface area contributed by atoms with E-state index in [1.807, 2.05) is 19.1 Å². The Kier molecular flexibility index (Phi) is 5.63. The number of ether oxygens (including phenoxy) is 1. The number of hydrogen-bond acceptors (Lipinski definition) is 3. The van der Waals surface area contributed by atoms with Gasteiger partial charge in [0, 0.05) is 23.6 Å². The highest BCUT2D eigenvalue weighted by Gasteiger charge is 2.23. The standard InChI is InChI=1S/C15H26N2O/c1-12(16)9-10-17-11-15(2,3)13-7-5-6-8-14(13)18-4/h5-8,12,17H,9-11,16H2,1-4H3. The van der Waals surface area contributed by atoms with Crippen LogP contribution in [0, 0.1) is 0 Å². The molecule has 1 unspecified atom stereocenters. The monoisotopic (exact) mass is 250 g/mol. The topological polar surface area (TPSA) is 47.3 Å². The molecule has 3 nitrogen and oxygen atoms in total. The van der Waals surface area contributed by atoms with Crippen LogP contribution in [-0.4, -0.2) is 26.2 Å². The quantitative estimate of drug-likeness (QED) is 0.730. The molecule has 0 bridgehead atoms. The minimum absolute atomic E-state index is 0.0461. The van der Waals surface area contributed by atoms with Gasteiger partial charge in [0.15, 0.2) is 0 Å². The second-order valence-corrected chi connectivity index (χ2v) is 5.53. The Morgan fingerprint density at radius 3 is 2.61 bits per heavy atom. The van der Waals surface area contributed by atoms with Crippen LogP contribution < -0.4 is 15.8 Å². The molecule has 1 aromatic rings. The Balaban J connectivity index is 2.62. The molecule has 3 heteroatoms. The van der Waals surface area contributed by atoms with E-state index < -0.39 is 0 Å². The van der Waals surface area contributed by atoms with E-state index in [4.69, 9.17) is 10.5 Å². The largest absolute Gasteiger partial charge is 0.496 e. The van der Waals surface area contributed by atoms with E-state index >= 15 is 0 Å². The zero-order valence-corrected chi connectivity index (χ0v) is 12.0. The predicted molar refractivity (Wildman–Crippen MR) is 77.2 cm³/mol. The van der Waals surface area contributed by atoms with Crippen LogP contribution in [0.5, 0.6) is 5.75 Å². The SMILES string of the molecule is COc1ccccc1C(C)(C)CNCCC(C)N. The van der Waals surface area contributed by atoms with E-state index in [0.29, 0.717) is 0 Å². The Bertz CT molecular complexity index is 361. The van der Waals surface area contributed by atoms with E-state index in [0.717, 1.165) is 25.3 Å². The van der Waals surface area contributed by atoms with Gasteiger partial charge >= 0.3 is 0 Å². The average molecular weight is 250 g/mol. The fourth-order valence-corrected chi connectivity index (χ4v) is 2.03. The van der Waals surface area contributed by atoms with Gasteiger partial charge in [-0.25, -0.2) is 0 Å². The minimum atomic E-state index is 0.0461. The van der Waals surface area contributed by atoms with Gasteiger partial charge in [0.2, 0.25) is 0 Å². The van der Waals surface area contributed by atoms with Crippen molar-refractivity contribution in [2.24, 2.45) is 5.73 Å². The number of methoxy groups -OCH3 is 1. The highest BCUT2D eigenvalue weighted by atomic mass is 16.5. The molecule has 0 saturated heterocycles. The number of nitrogens with two attached hydrogens (primary N) is 1. The molecule has 18 heavy (non-hydrogen) atoms. The van der Waals surface area contributed by atoms with Crippen molar-refractivity contribution in [2.75, 3.05) is 20.2 Å². The molecule has 3 N–H and O–H groups in total. The second kappa shape index (κ2) is 6.76. The van der Waals surface area contributed by atoms with Gasteiger partial charge in [0.05, 0.1) is 7.11 Å². The maximum Gasteiger partial charge on any atom is 0.122 e. The van der Waals surface area contributed by atoms with Gasteiger partial charge in [-0.15, -0.1) is 0 Å². The molecular formula is C15H26N2O. The lowest BCUT2D eigenvalue weighted by atomic mass is 9.84. The van der Waals surface area contributed by atoms with Crippen molar-refractivity contribution in [3.8, 4) is 5.75 Å². The molecule has 1 aromatic carbocycles. The van der Waals surface area contributed by atoms with Gasteiger partial charge in [-0.1, -0.05) is 32.0 Å². The maximum atomic E-state index is 5.74. The smallest absolute Gasteiger partial charge is 0.122 e. The van der Waals surface area contributed by atoms with Crippen LogP contribution in [-0.2, 0) is 5.41 Å². The van der Waals surface area contributed by atoms with E-state index in [2.05, 4.69) is 31.3 Å². The summed E-state index contributed by atoms with van der Waals surface area (Å²) in [5.41, 5.74) is 7.02. The van der Waals surface area contributed by atoms with Crippen molar-refractivity contribution in [3.05, 3.63) is 29.8 Å². The van der Waals surface area contributed by atoms with Gasteiger partial charge in [0.1, 0.15) is 5.75 Å². The van der Waals surface area contributed by atoms with Gasteiger partial charge < -0.3 is 15.8 Å². The molecule has 1 rings (SSSR count). The molecular weight excluding hydrogens is 224 g/mol. The molecule has 0 saturated carbocycles. The predicted octanol–water partition coefficient (Wildman–Crippen LogP) is 2.30. The Morgan fingerprint density at radius 1 is 1.33 bits per heavy atom. The number of para-hydroxylation sites is 1. The first kappa shape index (κ1) is 15.0. The number of hydrogen-bond donors (Lipinski definition) is 2. The summed E-state index contributed by atoms with van der Waals surface area (Å²) in [5.74, 6) is 0.955. The third-order valence-corrected chi connectivity index (χ3v) is 3.18. The van der Waals surface area contributed by atoms with Crippen LogP contribution in [0.1, 0.15) is 32.8 Å². The Labute approximate surface area is 111 Å². The van der Waals surface area contributed by atoms with Crippen LogP contribution in [0.2, 0.25) is 0 Å². The zero-order valence-electron chi connectivity index (χ0n) is 12.0. The first-order valence-corrected chi connectivity index (χ1v) is 6.57. The minimum Gasteiger partial charge on any atom is -0.496 e.